The van der Waals surface area contributed by atoms with Crippen molar-refractivity contribution in [2.75, 3.05) is 13.1 Å². The highest BCUT2D eigenvalue weighted by molar-refractivity contribution is 6.30. The van der Waals surface area contributed by atoms with Gasteiger partial charge in [0.15, 0.2) is 0 Å². The van der Waals surface area contributed by atoms with Gasteiger partial charge in [0.1, 0.15) is 0 Å². The van der Waals surface area contributed by atoms with Gasteiger partial charge in [-0.25, -0.2) is 0 Å². The van der Waals surface area contributed by atoms with Gasteiger partial charge in [-0.15, -0.1) is 0 Å². The van der Waals surface area contributed by atoms with Gasteiger partial charge in [-0.3, -0.25) is 4.79 Å². The number of hydrogen-bond donors (Lipinski definition) is 0. The molecule has 18 heavy (non-hydrogen) atoms. The molecule has 0 aliphatic carbocycles. The lowest BCUT2D eigenvalue weighted by molar-refractivity contribution is -0.131. The molecule has 0 radical (unpaired) electrons. The van der Waals surface area contributed by atoms with Crippen molar-refractivity contribution in [3.63, 3.8) is 0 Å². The highest BCUT2D eigenvalue weighted by Crippen LogP contribution is 2.17. The Morgan fingerprint density at radius 2 is 1.94 bits per heavy atom. The van der Waals surface area contributed by atoms with Crippen LogP contribution in [0.5, 0.6) is 0 Å². The smallest absolute Gasteiger partial charge is 0.226 e. The van der Waals surface area contributed by atoms with Crippen LogP contribution < -0.4 is 0 Å². The first-order chi connectivity index (χ1) is 8.69. The molecule has 4 heteroatoms. The highest BCUT2D eigenvalue weighted by atomic mass is 35.5. The monoisotopic (exact) mass is 262 g/mol. The largest absolute Gasteiger partial charge is 0.342 e. The number of piperidine rings is 1. The van der Waals surface area contributed by atoms with Crippen molar-refractivity contribution in [1.82, 2.24) is 4.90 Å². The van der Waals surface area contributed by atoms with Gasteiger partial charge < -0.3 is 4.90 Å². The average Bonchev–Trinajstić information content (AvgIpc) is 2.41. The van der Waals surface area contributed by atoms with Crippen molar-refractivity contribution in [1.29, 1.82) is 5.26 Å². The van der Waals surface area contributed by atoms with Gasteiger partial charge in [0, 0.05) is 24.0 Å². The van der Waals surface area contributed by atoms with Crippen LogP contribution in [0.15, 0.2) is 24.3 Å². The minimum atomic E-state index is 0.115. The predicted octanol–water partition coefficient (Wildman–Crippen LogP) is 2.64. The molecule has 0 unspecified atom stereocenters. The lowest BCUT2D eigenvalue weighted by Crippen LogP contribution is -2.39. The lowest BCUT2D eigenvalue weighted by Gasteiger charge is -2.29. The van der Waals surface area contributed by atoms with Crippen molar-refractivity contribution in [2.24, 2.45) is 5.92 Å². The fraction of sp³-hybridized carbons (Fsp3) is 0.429. The summed E-state index contributed by atoms with van der Waals surface area (Å²) in [7, 11) is 0. The third kappa shape index (κ3) is 3.24. The number of benzene rings is 1. The first-order valence-electron chi connectivity index (χ1n) is 6.11. The Balaban J connectivity index is 1.89. The van der Waals surface area contributed by atoms with Crippen molar-refractivity contribution in [2.45, 2.75) is 19.3 Å². The number of carbonyl (C=O) groups is 1. The van der Waals surface area contributed by atoms with E-state index in [1.807, 2.05) is 17.0 Å². The second-order valence-corrected chi connectivity index (χ2v) is 5.02. The molecule has 1 saturated heterocycles. The molecular formula is C14H15ClN2O. The molecule has 0 saturated carbocycles. The van der Waals surface area contributed by atoms with Crippen LogP contribution >= 0.6 is 11.6 Å². The quantitative estimate of drug-likeness (QED) is 0.822. The van der Waals surface area contributed by atoms with Gasteiger partial charge in [0.25, 0.3) is 0 Å². The molecular weight excluding hydrogens is 248 g/mol. The number of carbonyl (C=O) groups excluding carboxylic acids is 1. The lowest BCUT2D eigenvalue weighted by atomic mass is 9.98. The Bertz CT molecular complexity index is 456. The predicted molar refractivity (Wildman–Crippen MR) is 70.1 cm³/mol. The van der Waals surface area contributed by atoms with Crippen LogP contribution in [0, 0.1) is 17.2 Å². The maximum Gasteiger partial charge on any atom is 0.226 e. The summed E-state index contributed by atoms with van der Waals surface area (Å²) in [5, 5.41) is 9.49. The SMILES string of the molecule is N#CC1CCN(C(=O)Cc2ccc(Cl)cc2)CC1. The molecule has 1 aromatic carbocycles. The normalized spacial score (nSPS) is 16.3. The van der Waals surface area contributed by atoms with Crippen molar-refractivity contribution in [3.8, 4) is 6.07 Å². The number of likely N-dealkylation sites (tertiary alicyclic amines) is 1. The molecule has 3 nitrogen and oxygen atoms in total. The summed E-state index contributed by atoms with van der Waals surface area (Å²) in [4.78, 5) is 13.9. The maximum absolute atomic E-state index is 12.1. The molecule has 1 heterocycles. The first kappa shape index (κ1) is 12.9. The standard InChI is InChI=1S/C14H15ClN2O/c15-13-3-1-11(2-4-13)9-14(18)17-7-5-12(10-16)6-8-17/h1-4,12H,5-9H2. The van der Waals surface area contributed by atoms with Gasteiger partial charge in [0.05, 0.1) is 12.5 Å². The molecule has 2 rings (SSSR count). The summed E-state index contributed by atoms with van der Waals surface area (Å²) in [5.74, 6) is 0.248. The number of halogens is 1. The summed E-state index contributed by atoms with van der Waals surface area (Å²) in [6.07, 6.45) is 2.00. The van der Waals surface area contributed by atoms with Crippen molar-refractivity contribution in [3.05, 3.63) is 34.9 Å². The fourth-order valence-corrected chi connectivity index (χ4v) is 2.27. The van der Waals surface area contributed by atoms with Gasteiger partial charge in [-0.05, 0) is 30.5 Å². The third-order valence-electron chi connectivity index (χ3n) is 3.30. The molecule has 0 atom stereocenters. The first-order valence-corrected chi connectivity index (χ1v) is 6.48. The van der Waals surface area contributed by atoms with E-state index in [0.29, 0.717) is 24.5 Å². The maximum atomic E-state index is 12.1. The molecule has 1 amide bonds. The van der Waals surface area contributed by atoms with Gasteiger partial charge in [-0.1, -0.05) is 23.7 Å². The zero-order chi connectivity index (χ0) is 13.0. The minimum Gasteiger partial charge on any atom is -0.342 e. The Hall–Kier alpha value is -1.53. The Morgan fingerprint density at radius 3 is 2.50 bits per heavy atom. The van der Waals surface area contributed by atoms with Crippen LogP contribution in [-0.2, 0) is 11.2 Å². The van der Waals surface area contributed by atoms with Gasteiger partial charge in [0.2, 0.25) is 5.91 Å². The summed E-state index contributed by atoms with van der Waals surface area (Å²) in [6, 6.07) is 9.62. The molecule has 0 bridgehead atoms. The molecule has 1 fully saturated rings. The minimum absolute atomic E-state index is 0.115. The number of amides is 1. The van der Waals surface area contributed by atoms with E-state index in [1.165, 1.54) is 0 Å². The Kier molecular flexibility index (Phi) is 4.22. The topological polar surface area (TPSA) is 44.1 Å². The zero-order valence-electron chi connectivity index (χ0n) is 10.1. The van der Waals surface area contributed by atoms with Crippen LogP contribution in [0.4, 0.5) is 0 Å². The molecule has 1 aliphatic rings. The second kappa shape index (κ2) is 5.88. The van der Waals surface area contributed by atoms with E-state index in [2.05, 4.69) is 6.07 Å². The van der Waals surface area contributed by atoms with Crippen molar-refractivity contribution < 1.29 is 4.79 Å². The zero-order valence-corrected chi connectivity index (χ0v) is 10.9. The van der Waals surface area contributed by atoms with Crippen molar-refractivity contribution >= 4 is 17.5 Å². The Labute approximate surface area is 112 Å². The van der Waals surface area contributed by atoms with Gasteiger partial charge >= 0.3 is 0 Å². The molecule has 1 aliphatic heterocycles. The molecule has 0 spiro atoms. The molecule has 1 aromatic rings. The molecule has 94 valence electrons. The van der Waals surface area contributed by atoms with E-state index >= 15 is 0 Å². The summed E-state index contributed by atoms with van der Waals surface area (Å²) >= 11 is 5.80. The number of hydrogen-bond acceptors (Lipinski definition) is 2. The fourth-order valence-electron chi connectivity index (χ4n) is 2.15. The van der Waals surface area contributed by atoms with E-state index in [1.54, 1.807) is 12.1 Å². The van der Waals surface area contributed by atoms with E-state index < -0.39 is 0 Å². The van der Waals surface area contributed by atoms with E-state index in [4.69, 9.17) is 16.9 Å². The van der Waals surface area contributed by atoms with E-state index in [0.717, 1.165) is 18.4 Å². The number of nitriles is 1. The van der Waals surface area contributed by atoms with Crippen LogP contribution in [0.3, 0.4) is 0 Å². The number of nitrogens with zero attached hydrogens (tertiary/aromatic N) is 2. The number of rotatable bonds is 2. The molecule has 0 N–H and O–H groups in total. The van der Waals surface area contributed by atoms with Crippen LogP contribution in [0.25, 0.3) is 0 Å². The summed E-state index contributed by atoms with van der Waals surface area (Å²) < 4.78 is 0. The summed E-state index contributed by atoms with van der Waals surface area (Å²) in [6.45, 7) is 1.40. The highest BCUT2D eigenvalue weighted by Gasteiger charge is 2.22. The van der Waals surface area contributed by atoms with Crippen LogP contribution in [0.2, 0.25) is 5.02 Å². The third-order valence-corrected chi connectivity index (χ3v) is 3.55. The average molecular weight is 263 g/mol. The Morgan fingerprint density at radius 1 is 1.33 bits per heavy atom. The van der Waals surface area contributed by atoms with E-state index in [9.17, 15) is 4.79 Å². The van der Waals surface area contributed by atoms with E-state index in [-0.39, 0.29) is 11.8 Å². The second-order valence-electron chi connectivity index (χ2n) is 4.59. The molecule has 0 aromatic heterocycles. The summed E-state index contributed by atoms with van der Waals surface area (Å²) in [5.41, 5.74) is 0.979. The van der Waals surface area contributed by atoms with Crippen LogP contribution in [-0.4, -0.2) is 23.9 Å². The van der Waals surface area contributed by atoms with Gasteiger partial charge in [-0.2, -0.15) is 5.26 Å². The van der Waals surface area contributed by atoms with Crippen LogP contribution in [0.1, 0.15) is 18.4 Å².